The highest BCUT2D eigenvalue weighted by Crippen LogP contribution is 2.32. The minimum Gasteiger partial charge on any atom is -0.494 e. The second-order valence-electron chi connectivity index (χ2n) is 8.18. The third-order valence-corrected chi connectivity index (χ3v) is 7.50. The third-order valence-electron chi connectivity index (χ3n) is 5.68. The maximum atomic E-state index is 12.6. The van der Waals surface area contributed by atoms with E-state index in [0.717, 1.165) is 28.6 Å². The Morgan fingerprint density at radius 3 is 2.59 bits per heavy atom. The van der Waals surface area contributed by atoms with Crippen molar-refractivity contribution in [2.45, 2.75) is 36.0 Å². The smallest absolute Gasteiger partial charge is 0.328 e. The molecule has 4 rings (SSSR count). The van der Waals surface area contributed by atoms with Crippen molar-refractivity contribution in [1.82, 2.24) is 15.3 Å². The number of H-pyrrole nitrogens is 2. The Balaban J connectivity index is 1.58. The Morgan fingerprint density at radius 1 is 1.16 bits per heavy atom. The molecule has 192 valence electrons. The van der Waals surface area contributed by atoms with Gasteiger partial charge in [-0.05, 0) is 42.0 Å². The van der Waals surface area contributed by atoms with E-state index in [-0.39, 0.29) is 23.1 Å². The average molecular weight is 540 g/mol. The molecule has 5 N–H and O–H groups in total. The molecule has 2 heterocycles. The number of carbonyl (C=O) groups excluding carboxylic acids is 2. The zero-order valence-electron chi connectivity index (χ0n) is 20.0. The van der Waals surface area contributed by atoms with Crippen LogP contribution in [-0.4, -0.2) is 43.6 Å². The predicted octanol–water partition coefficient (Wildman–Crippen LogP) is 2.76. The van der Waals surface area contributed by atoms with Gasteiger partial charge in [-0.2, -0.15) is 0 Å². The lowest BCUT2D eigenvalue weighted by atomic mass is 9.99. The Kier molecular flexibility index (Phi) is 8.19. The van der Waals surface area contributed by atoms with E-state index in [1.54, 1.807) is 30.0 Å². The maximum absolute atomic E-state index is 12.6. The van der Waals surface area contributed by atoms with Crippen LogP contribution in [0.3, 0.4) is 0 Å². The normalized spacial score (nSPS) is 17.0. The van der Waals surface area contributed by atoms with Gasteiger partial charge >= 0.3 is 5.69 Å². The molecular weight excluding hydrogens is 514 g/mol. The number of aryl methyl sites for hydroxylation is 1. The van der Waals surface area contributed by atoms with Crippen LogP contribution in [0.4, 0.5) is 5.69 Å². The highest BCUT2D eigenvalue weighted by Gasteiger charge is 2.33. The molecule has 10 nitrogen and oxygen atoms in total. The molecule has 3 aromatic rings. The lowest BCUT2D eigenvalue weighted by Crippen LogP contribution is -2.29. The molecule has 2 atom stereocenters. The summed E-state index contributed by atoms with van der Waals surface area (Å²) in [7, 11) is 0. The second-order valence-corrected chi connectivity index (χ2v) is 10.3. The fraction of sp³-hybridized carbons (Fsp3) is 0.240. The Morgan fingerprint density at radius 2 is 1.92 bits per heavy atom. The number of thioether (sulfide) groups is 2. The van der Waals surface area contributed by atoms with Gasteiger partial charge in [-0.15, -0.1) is 11.8 Å². The molecule has 0 spiro atoms. The molecule has 0 saturated carbocycles. The van der Waals surface area contributed by atoms with E-state index >= 15 is 0 Å². The summed E-state index contributed by atoms with van der Waals surface area (Å²) in [4.78, 5) is 59.3. The molecule has 1 aromatic heterocycles. The maximum Gasteiger partial charge on any atom is 0.328 e. The number of aromatic nitrogens is 2. The van der Waals surface area contributed by atoms with Crippen LogP contribution in [0.1, 0.15) is 36.1 Å². The first-order valence-corrected chi connectivity index (χ1v) is 13.5. The van der Waals surface area contributed by atoms with Crippen LogP contribution in [0, 0.1) is 0 Å². The monoisotopic (exact) mass is 539 g/mol. The molecule has 0 bridgehead atoms. The fourth-order valence-electron chi connectivity index (χ4n) is 3.78. The van der Waals surface area contributed by atoms with E-state index in [9.17, 15) is 24.3 Å². The molecule has 1 saturated heterocycles. The number of amidine groups is 1. The summed E-state index contributed by atoms with van der Waals surface area (Å²) in [5, 5.41) is 15.3. The number of anilines is 1. The van der Waals surface area contributed by atoms with Gasteiger partial charge in [0, 0.05) is 17.0 Å². The van der Waals surface area contributed by atoms with Gasteiger partial charge in [0.1, 0.15) is 16.9 Å². The minimum absolute atomic E-state index is 0.0840. The van der Waals surface area contributed by atoms with Crippen molar-refractivity contribution in [3.8, 4) is 5.88 Å². The van der Waals surface area contributed by atoms with E-state index in [0.29, 0.717) is 11.3 Å². The van der Waals surface area contributed by atoms with Crippen molar-refractivity contribution >= 4 is 46.2 Å². The van der Waals surface area contributed by atoms with Crippen molar-refractivity contribution in [3.05, 3.63) is 86.1 Å². The number of aliphatic imine (C=N–C) groups is 1. The summed E-state index contributed by atoms with van der Waals surface area (Å²) in [5.74, 6) is -1.33. The van der Waals surface area contributed by atoms with E-state index in [2.05, 4.69) is 25.6 Å². The van der Waals surface area contributed by atoms with Gasteiger partial charge in [-0.1, -0.05) is 49.0 Å². The lowest BCUT2D eigenvalue weighted by Gasteiger charge is -2.15. The van der Waals surface area contributed by atoms with E-state index < -0.39 is 34.3 Å². The Bertz CT molecular complexity index is 1470. The lowest BCUT2D eigenvalue weighted by molar-refractivity contribution is -0.122. The van der Waals surface area contributed by atoms with Gasteiger partial charge < -0.3 is 15.7 Å². The number of amides is 2. The summed E-state index contributed by atoms with van der Waals surface area (Å²) >= 11 is 2.62. The average Bonchev–Trinajstić information content (AvgIpc) is 3.21. The first-order valence-electron chi connectivity index (χ1n) is 11.4. The van der Waals surface area contributed by atoms with Crippen LogP contribution in [0.5, 0.6) is 5.88 Å². The van der Waals surface area contributed by atoms with Gasteiger partial charge in [0.25, 0.3) is 5.56 Å². The van der Waals surface area contributed by atoms with Gasteiger partial charge in [0.2, 0.25) is 17.7 Å². The largest absolute Gasteiger partial charge is 0.494 e. The van der Waals surface area contributed by atoms with Crippen molar-refractivity contribution in [2.75, 3.05) is 11.6 Å². The number of nitrogens with one attached hydrogen (secondary N) is 4. The van der Waals surface area contributed by atoms with Crippen LogP contribution >= 0.6 is 23.5 Å². The molecule has 0 aliphatic carbocycles. The molecular formula is C25H25N5O5S2. The molecule has 0 unspecified atom stereocenters. The number of aromatic amines is 2. The number of hydrogen-bond donors (Lipinski definition) is 5. The quantitative estimate of drug-likeness (QED) is 0.276. The van der Waals surface area contributed by atoms with E-state index in [1.165, 1.54) is 0 Å². The van der Waals surface area contributed by atoms with Crippen molar-refractivity contribution < 1.29 is 14.7 Å². The third kappa shape index (κ3) is 6.33. The van der Waals surface area contributed by atoms with Crippen LogP contribution in [0.2, 0.25) is 0 Å². The van der Waals surface area contributed by atoms with Crippen molar-refractivity contribution in [3.63, 3.8) is 0 Å². The molecule has 1 fully saturated rings. The van der Waals surface area contributed by atoms with Crippen molar-refractivity contribution in [1.29, 1.82) is 0 Å². The zero-order valence-corrected chi connectivity index (χ0v) is 21.7. The minimum atomic E-state index is -1.02. The number of nitrogens with zero attached hydrogens (tertiary/aromatic N) is 1. The van der Waals surface area contributed by atoms with Gasteiger partial charge in [-0.25, -0.2) is 9.79 Å². The van der Waals surface area contributed by atoms with Crippen LogP contribution in [0.15, 0.2) is 68.0 Å². The first kappa shape index (κ1) is 26.3. The summed E-state index contributed by atoms with van der Waals surface area (Å²) in [6, 6.07) is 13.7. The van der Waals surface area contributed by atoms with Gasteiger partial charge in [0.15, 0.2) is 5.17 Å². The number of rotatable bonds is 8. The molecule has 37 heavy (non-hydrogen) atoms. The highest BCUT2D eigenvalue weighted by atomic mass is 32.2. The zero-order chi connectivity index (χ0) is 26.5. The van der Waals surface area contributed by atoms with Crippen molar-refractivity contribution in [2.24, 2.45) is 4.99 Å². The van der Waals surface area contributed by atoms with Crippen LogP contribution in [0.25, 0.3) is 0 Å². The fourth-order valence-corrected chi connectivity index (χ4v) is 5.23. The first-order chi connectivity index (χ1) is 17.8. The number of aromatic hydroxyl groups is 1. The second kappa shape index (κ2) is 11.5. The molecule has 2 amide bonds. The predicted molar refractivity (Wildman–Crippen MR) is 145 cm³/mol. The molecule has 1 aliphatic heterocycles. The number of carbonyl (C=O) groups is 2. The topological polar surface area (TPSA) is 157 Å². The van der Waals surface area contributed by atoms with Crippen LogP contribution in [-0.2, 0) is 16.0 Å². The molecule has 12 heteroatoms. The molecule has 0 radical (unpaired) electrons. The molecule has 2 aromatic carbocycles. The van der Waals surface area contributed by atoms with Crippen LogP contribution < -0.4 is 21.9 Å². The highest BCUT2D eigenvalue weighted by molar-refractivity contribution is 8.15. The summed E-state index contributed by atoms with van der Waals surface area (Å²) in [6.07, 6.45) is 2.66. The van der Waals surface area contributed by atoms with Gasteiger partial charge in [0.05, 0.1) is 0 Å². The summed E-state index contributed by atoms with van der Waals surface area (Å²) in [6.45, 7) is 2.01. The standard InChI is InChI=1S/C25H25N5O5S2/c1-3-13-7-9-14(10-8-13)20(19-22(33)28-24(35)29-23(19)34)27-25-30-21(32)17(37-25)12-18(31)26-15-5-4-6-16(11-15)36-2/h4-11,17,20H,3,12H2,1-2H3,(H,26,31)(H,27,30,32)(H3,28,29,33,34,35)/t17-,20+/m1/s1. The summed E-state index contributed by atoms with van der Waals surface area (Å²) < 4.78 is 0. The number of benzene rings is 2. The SMILES string of the molecule is CCc1ccc([C@H](N=C2NC(=O)[C@@H](CC(=O)Nc3cccc(SC)c3)S2)c2c(O)[nH]c(=O)[nH]c2=O)cc1. The summed E-state index contributed by atoms with van der Waals surface area (Å²) in [5.41, 5.74) is 0.456. The van der Waals surface area contributed by atoms with Gasteiger partial charge in [-0.3, -0.25) is 24.4 Å². The van der Waals surface area contributed by atoms with E-state index in [1.807, 2.05) is 43.5 Å². The Hall–Kier alpha value is -3.77. The molecule has 1 aliphatic rings. The van der Waals surface area contributed by atoms with E-state index in [4.69, 9.17) is 0 Å². The number of hydrogen-bond acceptors (Lipinski definition) is 8. The Labute approximate surface area is 220 Å².